The summed E-state index contributed by atoms with van der Waals surface area (Å²) in [6.45, 7) is 7.08. The van der Waals surface area contributed by atoms with Crippen molar-refractivity contribution >= 4 is 0 Å². The molecule has 0 radical (unpaired) electrons. The van der Waals surface area contributed by atoms with E-state index in [9.17, 15) is 0 Å². The lowest BCUT2D eigenvalue weighted by molar-refractivity contribution is 0.189. The molecule has 0 aromatic heterocycles. The van der Waals surface area contributed by atoms with E-state index in [0.717, 1.165) is 0 Å². The van der Waals surface area contributed by atoms with Crippen molar-refractivity contribution in [2.24, 2.45) is 11.8 Å². The average Bonchev–Trinajstić information content (AvgIpc) is 1.81. The first-order valence-electron chi connectivity index (χ1n) is 3.04. The fraction of sp³-hybridized carbons (Fsp3) is 0.429. The highest BCUT2D eigenvalue weighted by atomic mass is 16.6. The van der Waals surface area contributed by atoms with Crippen LogP contribution in [-0.4, -0.2) is 5.11 Å². The van der Waals surface area contributed by atoms with Gasteiger partial charge in [0.2, 0.25) is 0 Å². The zero-order valence-electron chi connectivity index (χ0n) is 6.29. The number of aliphatic hydroxyl groups excluding tert-OH is 1. The molecule has 0 aliphatic rings. The van der Waals surface area contributed by atoms with E-state index in [1.165, 1.54) is 6.08 Å². The molecule has 3 heteroatoms. The molecule has 3 nitrogen and oxygen atoms in total. The normalized spacial score (nSPS) is 11.8. The van der Waals surface area contributed by atoms with Crippen LogP contribution in [0, 0.1) is 5.92 Å². The van der Waals surface area contributed by atoms with Crippen LogP contribution in [0.5, 0.6) is 0 Å². The topological polar surface area (TPSA) is 55.5 Å². The van der Waals surface area contributed by atoms with Gasteiger partial charge in [-0.3, -0.25) is 0 Å². The number of aliphatic hydroxyl groups is 1. The van der Waals surface area contributed by atoms with Crippen molar-refractivity contribution in [2.75, 3.05) is 0 Å². The average molecular weight is 143 g/mol. The van der Waals surface area contributed by atoms with E-state index in [1.807, 2.05) is 13.8 Å². The Morgan fingerprint density at radius 3 is 2.30 bits per heavy atom. The molecule has 0 amide bonds. The van der Waals surface area contributed by atoms with E-state index in [0.29, 0.717) is 5.76 Å². The van der Waals surface area contributed by atoms with E-state index >= 15 is 0 Å². The largest absolute Gasteiger partial charge is 0.508 e. The first-order chi connectivity index (χ1) is 4.57. The van der Waals surface area contributed by atoms with Crippen LogP contribution in [0.2, 0.25) is 0 Å². The summed E-state index contributed by atoms with van der Waals surface area (Å²) in [4.78, 5) is 4.46. The SMILES string of the molecule is C=C(O)/C=C(\ON)C(C)C. The Hall–Kier alpha value is -0.960. The van der Waals surface area contributed by atoms with Gasteiger partial charge in [-0.25, -0.2) is 0 Å². The van der Waals surface area contributed by atoms with Crippen molar-refractivity contribution in [2.45, 2.75) is 13.8 Å². The van der Waals surface area contributed by atoms with Crippen LogP contribution in [-0.2, 0) is 4.84 Å². The molecule has 0 atom stereocenters. The fourth-order valence-corrected chi connectivity index (χ4v) is 0.501. The van der Waals surface area contributed by atoms with Gasteiger partial charge in [0.15, 0.2) is 0 Å². The summed E-state index contributed by atoms with van der Waals surface area (Å²) in [7, 11) is 0. The first kappa shape index (κ1) is 9.04. The predicted octanol–water partition coefficient (Wildman–Crippen LogP) is 1.49. The third-order valence-corrected chi connectivity index (χ3v) is 1.01. The summed E-state index contributed by atoms with van der Waals surface area (Å²) in [6.07, 6.45) is 1.39. The number of hydrogen-bond acceptors (Lipinski definition) is 3. The molecule has 0 heterocycles. The molecule has 58 valence electrons. The molecule has 0 bridgehead atoms. The minimum absolute atomic E-state index is 0.0471. The van der Waals surface area contributed by atoms with Gasteiger partial charge in [-0.2, -0.15) is 5.90 Å². The Labute approximate surface area is 60.8 Å². The van der Waals surface area contributed by atoms with E-state index in [4.69, 9.17) is 11.0 Å². The maximum atomic E-state index is 8.70. The molecule has 0 unspecified atom stereocenters. The smallest absolute Gasteiger partial charge is 0.130 e. The van der Waals surface area contributed by atoms with Gasteiger partial charge in [0.05, 0.1) is 0 Å². The highest BCUT2D eigenvalue weighted by molar-refractivity contribution is 5.11. The molecule has 3 N–H and O–H groups in total. The van der Waals surface area contributed by atoms with Gasteiger partial charge in [-0.1, -0.05) is 20.4 Å². The van der Waals surface area contributed by atoms with Crippen LogP contribution >= 0.6 is 0 Å². The van der Waals surface area contributed by atoms with Gasteiger partial charge >= 0.3 is 0 Å². The van der Waals surface area contributed by atoms with Gasteiger partial charge < -0.3 is 9.94 Å². The molecule has 0 aromatic carbocycles. The highest BCUT2D eigenvalue weighted by Gasteiger charge is 2.02. The van der Waals surface area contributed by atoms with Crippen molar-refractivity contribution in [3.8, 4) is 0 Å². The molecule has 0 rings (SSSR count). The van der Waals surface area contributed by atoms with E-state index in [1.54, 1.807) is 0 Å². The Bertz CT molecular complexity index is 150. The van der Waals surface area contributed by atoms with Crippen LogP contribution in [0.1, 0.15) is 13.8 Å². The van der Waals surface area contributed by atoms with Gasteiger partial charge in [0.25, 0.3) is 0 Å². The zero-order chi connectivity index (χ0) is 8.15. The van der Waals surface area contributed by atoms with E-state index in [-0.39, 0.29) is 11.7 Å². The Morgan fingerprint density at radius 2 is 2.20 bits per heavy atom. The lowest BCUT2D eigenvalue weighted by Crippen LogP contribution is -2.05. The third kappa shape index (κ3) is 3.14. The maximum Gasteiger partial charge on any atom is 0.130 e. The monoisotopic (exact) mass is 143 g/mol. The summed E-state index contributed by atoms with van der Waals surface area (Å²) >= 11 is 0. The van der Waals surface area contributed by atoms with Crippen LogP contribution in [0.3, 0.4) is 0 Å². The Balaban J connectivity index is 4.18. The molecular formula is C7H13NO2. The fourth-order valence-electron chi connectivity index (χ4n) is 0.501. The Morgan fingerprint density at radius 1 is 1.70 bits per heavy atom. The highest BCUT2D eigenvalue weighted by Crippen LogP contribution is 2.09. The summed E-state index contributed by atoms with van der Waals surface area (Å²) in [5.74, 6) is 5.54. The minimum Gasteiger partial charge on any atom is -0.508 e. The second-order valence-electron chi connectivity index (χ2n) is 2.31. The van der Waals surface area contributed by atoms with E-state index in [2.05, 4.69) is 11.4 Å². The molecule has 0 spiro atoms. The Kier molecular flexibility index (Phi) is 3.57. The molecule has 0 aliphatic carbocycles. The predicted molar refractivity (Wildman–Crippen MR) is 40.0 cm³/mol. The van der Waals surface area contributed by atoms with Crippen LogP contribution in [0.15, 0.2) is 24.2 Å². The summed E-state index contributed by atoms with van der Waals surface area (Å²) < 4.78 is 0. The molecule has 0 saturated carbocycles. The number of nitrogens with two attached hydrogens (primary N) is 1. The van der Waals surface area contributed by atoms with Crippen LogP contribution < -0.4 is 5.90 Å². The summed E-state index contributed by atoms with van der Waals surface area (Å²) in [6, 6.07) is 0. The first-order valence-corrected chi connectivity index (χ1v) is 3.04. The van der Waals surface area contributed by atoms with Crippen molar-refractivity contribution < 1.29 is 9.94 Å². The molecule has 0 aromatic rings. The van der Waals surface area contributed by atoms with Crippen LogP contribution in [0.25, 0.3) is 0 Å². The van der Waals surface area contributed by atoms with Crippen molar-refractivity contribution in [1.82, 2.24) is 0 Å². The molecular weight excluding hydrogens is 130 g/mol. The second-order valence-corrected chi connectivity index (χ2v) is 2.31. The van der Waals surface area contributed by atoms with Gasteiger partial charge in [-0.15, -0.1) is 0 Å². The summed E-state index contributed by atoms with van der Waals surface area (Å²) in [5, 5.41) is 8.70. The minimum atomic E-state index is -0.0471. The molecule has 10 heavy (non-hydrogen) atoms. The van der Waals surface area contributed by atoms with Gasteiger partial charge in [-0.05, 0) is 0 Å². The number of hydrogen-bond donors (Lipinski definition) is 2. The van der Waals surface area contributed by atoms with Crippen LogP contribution in [0.4, 0.5) is 0 Å². The quantitative estimate of drug-likeness (QED) is 0.357. The molecule has 0 saturated heterocycles. The molecule has 0 aliphatic heterocycles. The number of allylic oxidation sites excluding steroid dienone is 2. The lowest BCUT2D eigenvalue weighted by Gasteiger charge is -2.06. The van der Waals surface area contributed by atoms with Gasteiger partial charge in [0, 0.05) is 12.0 Å². The zero-order valence-corrected chi connectivity index (χ0v) is 6.29. The summed E-state index contributed by atoms with van der Waals surface area (Å²) in [5.41, 5.74) is 0. The van der Waals surface area contributed by atoms with Crippen molar-refractivity contribution in [3.63, 3.8) is 0 Å². The number of rotatable bonds is 3. The standard InChI is InChI=1S/C7H13NO2/c1-5(2)7(10-8)4-6(3)9/h4-5,9H,3,8H2,1-2H3/b7-4-. The lowest BCUT2D eigenvalue weighted by atomic mass is 10.1. The van der Waals surface area contributed by atoms with Crippen molar-refractivity contribution in [3.05, 3.63) is 24.2 Å². The van der Waals surface area contributed by atoms with Crippen molar-refractivity contribution in [1.29, 1.82) is 0 Å². The third-order valence-electron chi connectivity index (χ3n) is 1.01. The van der Waals surface area contributed by atoms with Gasteiger partial charge in [0.1, 0.15) is 11.5 Å². The maximum absolute atomic E-state index is 8.70. The van der Waals surface area contributed by atoms with E-state index < -0.39 is 0 Å². The molecule has 0 fully saturated rings. The second kappa shape index (κ2) is 3.95.